The van der Waals surface area contributed by atoms with Crippen LogP contribution in [-0.4, -0.2) is 22.3 Å². The predicted octanol–water partition coefficient (Wildman–Crippen LogP) is 12.3. The van der Waals surface area contributed by atoms with E-state index < -0.39 is 31.7 Å². The van der Waals surface area contributed by atoms with Crippen LogP contribution in [0.2, 0.25) is 0 Å². The second-order valence-electron chi connectivity index (χ2n) is 14.4. The van der Waals surface area contributed by atoms with Gasteiger partial charge in [-0.3, -0.25) is 0 Å². The van der Waals surface area contributed by atoms with Crippen LogP contribution in [0, 0.1) is 0 Å². The topological polar surface area (TPSA) is 0 Å². The summed E-state index contributed by atoms with van der Waals surface area (Å²) in [4.78, 5) is 0.811. The number of hydrogen-bond acceptors (Lipinski definition) is 2. The van der Waals surface area contributed by atoms with E-state index in [1.807, 2.05) is 0 Å². The molecule has 0 radical (unpaired) electrons. The van der Waals surface area contributed by atoms with Crippen LogP contribution < -0.4 is 42.4 Å². The van der Waals surface area contributed by atoms with Crippen molar-refractivity contribution in [3.63, 3.8) is 0 Å². The first kappa shape index (κ1) is 42.9. The zero-order valence-electron chi connectivity index (χ0n) is 33.7. The first-order valence-electron chi connectivity index (χ1n) is 20.7. The largest absolute Gasteiger partial charge is 0.0846 e. The van der Waals surface area contributed by atoms with E-state index in [9.17, 15) is 0 Å². The van der Waals surface area contributed by atoms with Gasteiger partial charge in [0.1, 0.15) is 0 Å². The van der Waals surface area contributed by atoms with Gasteiger partial charge >= 0.3 is 0 Å². The maximum atomic E-state index is 2.39. The minimum Gasteiger partial charge on any atom is -0.0846 e. The summed E-state index contributed by atoms with van der Waals surface area (Å²) in [5.74, 6) is 0. The van der Waals surface area contributed by atoms with Crippen molar-refractivity contribution in [1.82, 2.24) is 0 Å². The molecule has 0 aromatic heterocycles. The Hall–Kier alpha value is -3.82. The highest BCUT2D eigenvalue weighted by molar-refractivity contribution is 8.79. The lowest BCUT2D eigenvalue weighted by molar-refractivity contribution is 1.06. The molecule has 0 heterocycles. The van der Waals surface area contributed by atoms with Gasteiger partial charge in [0.05, 0.1) is 0 Å². The van der Waals surface area contributed by atoms with Crippen molar-refractivity contribution < 1.29 is 0 Å². The summed E-state index contributed by atoms with van der Waals surface area (Å²) in [6, 6.07) is 90.9. The van der Waals surface area contributed by atoms with Gasteiger partial charge in [0.2, 0.25) is 0 Å². The third-order valence-electron chi connectivity index (χ3n) is 10.5. The molecule has 8 aromatic carbocycles. The van der Waals surface area contributed by atoms with E-state index in [4.69, 9.17) is 0 Å². The Morgan fingerprint density at radius 1 is 0.250 bits per heavy atom. The van der Waals surface area contributed by atoms with E-state index in [0.29, 0.717) is 9.98 Å². The number of rotatable bonds is 19. The van der Waals surface area contributed by atoms with Crippen LogP contribution in [0.5, 0.6) is 0 Å². The molecule has 298 valence electrons. The summed E-state index contributed by atoms with van der Waals surface area (Å²) in [5.41, 5.74) is 0. The monoisotopic (exact) mass is 886 g/mol. The zero-order chi connectivity index (χ0) is 40.6. The fourth-order valence-corrected chi connectivity index (χ4v) is 24.5. The van der Waals surface area contributed by atoms with E-state index in [1.165, 1.54) is 42.4 Å². The van der Waals surface area contributed by atoms with Crippen molar-refractivity contribution in [2.24, 2.45) is 0 Å². The Morgan fingerprint density at radius 3 is 0.633 bits per heavy atom. The van der Waals surface area contributed by atoms with Crippen molar-refractivity contribution in [2.45, 2.75) is 22.8 Å². The van der Waals surface area contributed by atoms with E-state index in [-0.39, 0.29) is 0 Å². The molecule has 60 heavy (non-hydrogen) atoms. The van der Waals surface area contributed by atoms with Crippen LogP contribution >= 0.6 is 53.3 Å². The maximum Gasteiger partial charge on any atom is 0.0436 e. The molecule has 0 saturated carbocycles. The van der Waals surface area contributed by atoms with Crippen molar-refractivity contribution >= 4 is 95.7 Å². The molecule has 0 aliphatic rings. The lowest BCUT2D eigenvalue weighted by Gasteiger charge is -2.33. The molecule has 0 fully saturated rings. The molecule has 0 bridgehead atoms. The van der Waals surface area contributed by atoms with E-state index in [1.54, 1.807) is 0 Å². The summed E-state index contributed by atoms with van der Waals surface area (Å²) in [6.45, 7) is 0. The van der Waals surface area contributed by atoms with Gasteiger partial charge in [-0.25, -0.2) is 0 Å². The molecule has 2 unspecified atom stereocenters. The highest BCUT2D eigenvalue weighted by Gasteiger charge is 2.32. The summed E-state index contributed by atoms with van der Waals surface area (Å²) < 4.78 is 0. The molecule has 8 aromatic rings. The van der Waals surface area contributed by atoms with Crippen molar-refractivity contribution in [1.29, 1.82) is 0 Å². The lowest BCUT2D eigenvalue weighted by Crippen LogP contribution is -2.24. The van der Waals surface area contributed by atoms with Crippen molar-refractivity contribution in [3.05, 3.63) is 243 Å². The Labute approximate surface area is 371 Å². The minimum absolute atomic E-state index is 0.405. The van der Waals surface area contributed by atoms with Crippen LogP contribution in [0.15, 0.2) is 243 Å². The predicted molar refractivity (Wildman–Crippen MR) is 278 cm³/mol. The molecule has 6 heteroatoms. The molecule has 0 saturated heterocycles. The van der Waals surface area contributed by atoms with Crippen molar-refractivity contribution in [2.75, 3.05) is 12.3 Å². The molecule has 0 N–H and O–H groups in total. The number of benzene rings is 8. The molecule has 0 amide bonds. The minimum atomic E-state index is -0.671. The third-order valence-corrected chi connectivity index (χ3v) is 26.2. The molecule has 0 aliphatic heterocycles. The van der Waals surface area contributed by atoms with Gasteiger partial charge in [0, 0.05) is 9.98 Å². The Bertz CT molecular complexity index is 2060. The molecule has 0 spiro atoms. The summed E-state index contributed by atoms with van der Waals surface area (Å²) in [6.07, 6.45) is 4.55. The first-order chi connectivity index (χ1) is 29.8. The van der Waals surface area contributed by atoms with Gasteiger partial charge in [-0.15, -0.1) is 0 Å². The normalized spacial score (nSPS) is 12.5. The van der Waals surface area contributed by atoms with Gasteiger partial charge < -0.3 is 0 Å². The van der Waals surface area contributed by atoms with E-state index in [0.717, 1.165) is 25.2 Å². The molecule has 2 atom stereocenters. The number of hydrogen-bond donors (Lipinski definition) is 0. The van der Waals surface area contributed by atoms with E-state index >= 15 is 0 Å². The highest BCUT2D eigenvalue weighted by Crippen LogP contribution is 2.58. The first-order valence-corrected chi connectivity index (χ1v) is 28.8. The third kappa shape index (κ3) is 11.5. The second kappa shape index (κ2) is 22.9. The molecule has 0 nitrogen and oxygen atoms in total. The van der Waals surface area contributed by atoms with Crippen LogP contribution in [0.3, 0.4) is 0 Å². The molecule has 8 rings (SSSR count). The lowest BCUT2D eigenvalue weighted by atomic mass is 10.4. The van der Waals surface area contributed by atoms with Crippen LogP contribution in [0.4, 0.5) is 0 Å². The summed E-state index contributed by atoms with van der Waals surface area (Å²) in [7, 11) is 2.00. The fourth-order valence-electron chi connectivity index (χ4n) is 7.61. The zero-order valence-corrected chi connectivity index (χ0v) is 38.9. The maximum absolute atomic E-state index is 2.39. The quantitative estimate of drug-likeness (QED) is 0.0586. The van der Waals surface area contributed by atoms with Gasteiger partial charge in [-0.2, -0.15) is 0 Å². The van der Waals surface area contributed by atoms with Crippen LogP contribution in [0.1, 0.15) is 12.8 Å². The average Bonchev–Trinajstić information content (AvgIpc) is 3.33. The molecular formula is C54H50P4S2. The Balaban J connectivity index is 1.19. The highest BCUT2D eigenvalue weighted by atomic mass is 33.1. The standard InChI is InChI=1S/C54H50P4S2/c1-9-25-45(26-10-1)55(46-27-11-2-12-28-46)43-41-53(57(49-33-17-5-18-34-49)50-35-19-6-20-36-50)59-60-54(58(51-37-21-7-22-38-51)52-39-23-8-24-40-52)42-44-56(47-29-13-3-14-30-47)48-31-15-4-16-32-48/h1-40,53-54H,41-44H2. The van der Waals surface area contributed by atoms with Crippen LogP contribution in [-0.2, 0) is 0 Å². The van der Waals surface area contributed by atoms with Gasteiger partial charge in [-0.1, -0.05) is 264 Å². The van der Waals surface area contributed by atoms with E-state index in [2.05, 4.69) is 264 Å². The van der Waals surface area contributed by atoms with Crippen LogP contribution in [0.25, 0.3) is 0 Å². The Kier molecular flexibility index (Phi) is 16.3. The smallest absolute Gasteiger partial charge is 0.0436 e. The van der Waals surface area contributed by atoms with Gasteiger partial charge in [-0.05, 0) is 99.3 Å². The Morgan fingerprint density at radius 2 is 0.433 bits per heavy atom. The second-order valence-corrected chi connectivity index (χ2v) is 27.2. The average molecular weight is 887 g/mol. The summed E-state index contributed by atoms with van der Waals surface area (Å²) in [5, 5.41) is 11.7. The fraction of sp³-hybridized carbons (Fsp3) is 0.111. The van der Waals surface area contributed by atoms with Crippen molar-refractivity contribution in [3.8, 4) is 0 Å². The molecule has 0 aliphatic carbocycles. The molecular weight excluding hydrogens is 837 g/mol. The summed E-state index contributed by atoms with van der Waals surface area (Å²) >= 11 is 0. The van der Waals surface area contributed by atoms with Gasteiger partial charge in [0.25, 0.3) is 0 Å². The SMILES string of the molecule is c1ccc(P(CCC(SSC(CCP(c2ccccc2)c2ccccc2)P(c2ccccc2)c2ccccc2)P(c2ccccc2)c2ccccc2)c2ccccc2)cc1. The van der Waals surface area contributed by atoms with Gasteiger partial charge in [0.15, 0.2) is 0 Å².